The number of aromatic nitrogens is 2. The summed E-state index contributed by atoms with van der Waals surface area (Å²) in [6.07, 6.45) is 3.59. The van der Waals surface area contributed by atoms with Crippen LogP contribution in [-0.4, -0.2) is 16.5 Å². The minimum atomic E-state index is 0.319. The van der Waals surface area contributed by atoms with Crippen LogP contribution in [0.25, 0.3) is 0 Å². The van der Waals surface area contributed by atoms with Crippen molar-refractivity contribution in [3.63, 3.8) is 0 Å². The van der Waals surface area contributed by atoms with Crippen LogP contribution in [0.5, 0.6) is 0 Å². The Morgan fingerprint density at radius 2 is 1.89 bits per heavy atom. The summed E-state index contributed by atoms with van der Waals surface area (Å²) in [6.45, 7) is 3.74. The van der Waals surface area contributed by atoms with Crippen molar-refractivity contribution in [3.8, 4) is 0 Å². The van der Waals surface area contributed by atoms with Crippen molar-refractivity contribution < 1.29 is 0 Å². The van der Waals surface area contributed by atoms with Crippen LogP contribution in [0, 0.1) is 0 Å². The van der Waals surface area contributed by atoms with Crippen LogP contribution in [0.2, 0.25) is 5.02 Å². The molecule has 0 atom stereocenters. The average molecular weight is 296 g/mol. The SMILES string of the molecule is CCN(Cc1ccncc1)c1ccc(Cl)c(CCl)n1. The van der Waals surface area contributed by atoms with Crippen LogP contribution in [0.3, 0.4) is 0 Å². The Morgan fingerprint density at radius 3 is 2.53 bits per heavy atom. The zero-order valence-electron chi connectivity index (χ0n) is 10.7. The third-order valence-corrected chi connectivity index (χ3v) is 3.46. The molecule has 0 radical (unpaired) electrons. The van der Waals surface area contributed by atoms with Gasteiger partial charge < -0.3 is 4.90 Å². The highest BCUT2D eigenvalue weighted by Crippen LogP contribution is 2.21. The Kier molecular flexibility index (Phi) is 5.00. The Labute approximate surface area is 123 Å². The molecule has 0 unspecified atom stereocenters. The van der Waals surface area contributed by atoms with E-state index in [0.29, 0.717) is 16.6 Å². The molecule has 0 saturated heterocycles. The van der Waals surface area contributed by atoms with Crippen LogP contribution >= 0.6 is 23.2 Å². The second-order valence-electron chi connectivity index (χ2n) is 4.10. The van der Waals surface area contributed by atoms with Gasteiger partial charge in [-0.1, -0.05) is 11.6 Å². The van der Waals surface area contributed by atoms with E-state index in [4.69, 9.17) is 23.2 Å². The van der Waals surface area contributed by atoms with Gasteiger partial charge in [-0.2, -0.15) is 0 Å². The summed E-state index contributed by atoms with van der Waals surface area (Å²) in [6, 6.07) is 7.77. The third-order valence-electron chi connectivity index (χ3n) is 2.86. The third kappa shape index (κ3) is 3.58. The first-order valence-corrected chi connectivity index (χ1v) is 7.01. The topological polar surface area (TPSA) is 29.0 Å². The normalized spacial score (nSPS) is 10.5. The number of rotatable bonds is 5. The highest BCUT2D eigenvalue weighted by molar-refractivity contribution is 6.32. The molecule has 0 spiro atoms. The van der Waals surface area contributed by atoms with Gasteiger partial charge in [-0.25, -0.2) is 4.98 Å². The Balaban J connectivity index is 2.22. The molecular weight excluding hydrogens is 281 g/mol. The number of anilines is 1. The quantitative estimate of drug-likeness (QED) is 0.784. The number of halogens is 2. The maximum Gasteiger partial charge on any atom is 0.129 e. The molecule has 2 heterocycles. The van der Waals surface area contributed by atoms with Gasteiger partial charge in [0.15, 0.2) is 0 Å². The van der Waals surface area contributed by atoms with Gasteiger partial charge in [-0.15, -0.1) is 11.6 Å². The lowest BCUT2D eigenvalue weighted by atomic mass is 10.2. The van der Waals surface area contributed by atoms with Crippen LogP contribution in [-0.2, 0) is 12.4 Å². The molecular formula is C14H15Cl2N3. The number of hydrogen-bond acceptors (Lipinski definition) is 3. The Morgan fingerprint density at radius 1 is 1.16 bits per heavy atom. The van der Waals surface area contributed by atoms with Crippen LogP contribution in [0.15, 0.2) is 36.7 Å². The van der Waals surface area contributed by atoms with E-state index >= 15 is 0 Å². The standard InChI is InChI=1S/C14H15Cl2N3/c1-2-19(10-11-5-7-17-8-6-11)14-4-3-12(16)13(9-15)18-14/h3-8H,2,9-10H2,1H3. The summed E-state index contributed by atoms with van der Waals surface area (Å²) in [5.74, 6) is 1.21. The molecule has 100 valence electrons. The van der Waals surface area contributed by atoms with E-state index in [1.807, 2.05) is 24.3 Å². The molecule has 2 aromatic heterocycles. The number of alkyl halides is 1. The van der Waals surface area contributed by atoms with Crippen molar-refractivity contribution in [2.24, 2.45) is 0 Å². The fraction of sp³-hybridized carbons (Fsp3) is 0.286. The van der Waals surface area contributed by atoms with E-state index in [1.165, 1.54) is 5.56 Å². The Bertz CT molecular complexity index is 531. The maximum absolute atomic E-state index is 6.03. The molecule has 0 N–H and O–H groups in total. The smallest absolute Gasteiger partial charge is 0.129 e. The predicted molar refractivity (Wildman–Crippen MR) is 79.8 cm³/mol. The van der Waals surface area contributed by atoms with E-state index in [0.717, 1.165) is 18.9 Å². The summed E-state index contributed by atoms with van der Waals surface area (Å²) in [5, 5.41) is 0.610. The van der Waals surface area contributed by atoms with Crippen molar-refractivity contribution in [2.45, 2.75) is 19.3 Å². The number of nitrogens with zero attached hydrogens (tertiary/aromatic N) is 3. The highest BCUT2D eigenvalue weighted by atomic mass is 35.5. The predicted octanol–water partition coefficient (Wildman–Crippen LogP) is 3.90. The average Bonchev–Trinajstić information content (AvgIpc) is 2.46. The van der Waals surface area contributed by atoms with Gasteiger partial charge in [-0.05, 0) is 36.8 Å². The molecule has 2 aromatic rings. The second-order valence-corrected chi connectivity index (χ2v) is 4.78. The largest absolute Gasteiger partial charge is 0.353 e. The van der Waals surface area contributed by atoms with E-state index < -0.39 is 0 Å². The molecule has 0 saturated carbocycles. The van der Waals surface area contributed by atoms with Gasteiger partial charge in [-0.3, -0.25) is 4.98 Å². The summed E-state index contributed by atoms with van der Waals surface area (Å²) in [5.41, 5.74) is 1.91. The van der Waals surface area contributed by atoms with Crippen molar-refractivity contribution in [1.29, 1.82) is 0 Å². The molecule has 0 aliphatic carbocycles. The van der Waals surface area contributed by atoms with Gasteiger partial charge in [0.1, 0.15) is 5.82 Å². The highest BCUT2D eigenvalue weighted by Gasteiger charge is 2.09. The first-order chi connectivity index (χ1) is 9.24. The van der Waals surface area contributed by atoms with Gasteiger partial charge in [0.25, 0.3) is 0 Å². The van der Waals surface area contributed by atoms with Crippen molar-refractivity contribution in [1.82, 2.24) is 9.97 Å². The lowest BCUT2D eigenvalue weighted by Crippen LogP contribution is -2.23. The number of hydrogen-bond donors (Lipinski definition) is 0. The first kappa shape index (κ1) is 14.1. The van der Waals surface area contributed by atoms with Gasteiger partial charge >= 0.3 is 0 Å². The summed E-state index contributed by atoms with van der Waals surface area (Å²) < 4.78 is 0. The molecule has 2 rings (SSSR count). The minimum absolute atomic E-state index is 0.319. The monoisotopic (exact) mass is 295 g/mol. The van der Waals surface area contributed by atoms with Gasteiger partial charge in [0.2, 0.25) is 0 Å². The van der Waals surface area contributed by atoms with Gasteiger partial charge in [0, 0.05) is 25.5 Å². The van der Waals surface area contributed by atoms with Crippen molar-refractivity contribution in [3.05, 3.63) is 52.9 Å². The first-order valence-electron chi connectivity index (χ1n) is 6.09. The zero-order chi connectivity index (χ0) is 13.7. The molecule has 5 heteroatoms. The second kappa shape index (κ2) is 6.73. The fourth-order valence-electron chi connectivity index (χ4n) is 1.81. The molecule has 19 heavy (non-hydrogen) atoms. The van der Waals surface area contributed by atoms with E-state index in [9.17, 15) is 0 Å². The summed E-state index contributed by atoms with van der Waals surface area (Å²) in [4.78, 5) is 10.7. The van der Waals surface area contributed by atoms with Crippen molar-refractivity contribution >= 4 is 29.0 Å². The zero-order valence-corrected chi connectivity index (χ0v) is 12.2. The summed E-state index contributed by atoms with van der Waals surface area (Å²) >= 11 is 11.9. The fourth-order valence-corrected chi connectivity index (χ4v) is 2.25. The molecule has 0 fully saturated rings. The molecule has 0 bridgehead atoms. The van der Waals surface area contributed by atoms with Crippen LogP contribution < -0.4 is 4.90 Å². The van der Waals surface area contributed by atoms with E-state index in [1.54, 1.807) is 12.4 Å². The molecule has 0 aliphatic heterocycles. The van der Waals surface area contributed by atoms with Crippen molar-refractivity contribution in [2.75, 3.05) is 11.4 Å². The molecule has 3 nitrogen and oxygen atoms in total. The number of pyridine rings is 2. The molecule has 0 amide bonds. The lowest BCUT2D eigenvalue weighted by Gasteiger charge is -2.22. The van der Waals surface area contributed by atoms with Crippen LogP contribution in [0.1, 0.15) is 18.2 Å². The van der Waals surface area contributed by atoms with Crippen LogP contribution in [0.4, 0.5) is 5.82 Å². The lowest BCUT2D eigenvalue weighted by molar-refractivity contribution is 0.809. The Hall–Kier alpha value is -1.32. The summed E-state index contributed by atoms with van der Waals surface area (Å²) in [7, 11) is 0. The molecule has 0 aromatic carbocycles. The van der Waals surface area contributed by atoms with E-state index in [2.05, 4.69) is 21.8 Å². The van der Waals surface area contributed by atoms with Gasteiger partial charge in [0.05, 0.1) is 16.6 Å². The maximum atomic E-state index is 6.03. The van der Waals surface area contributed by atoms with E-state index in [-0.39, 0.29) is 0 Å². The minimum Gasteiger partial charge on any atom is -0.353 e. The molecule has 0 aliphatic rings.